The van der Waals surface area contributed by atoms with Gasteiger partial charge in [-0.3, -0.25) is 14.7 Å². The summed E-state index contributed by atoms with van der Waals surface area (Å²) in [5.41, 5.74) is 2.40. The summed E-state index contributed by atoms with van der Waals surface area (Å²) < 4.78 is 0. The lowest BCUT2D eigenvalue weighted by Gasteiger charge is -2.38. The van der Waals surface area contributed by atoms with E-state index in [9.17, 15) is 4.79 Å². The van der Waals surface area contributed by atoms with Crippen LogP contribution in [0.15, 0.2) is 29.9 Å². The summed E-state index contributed by atoms with van der Waals surface area (Å²) in [6, 6.07) is 3.98. The van der Waals surface area contributed by atoms with Gasteiger partial charge < -0.3 is 4.90 Å². The molecule has 0 radical (unpaired) electrons. The van der Waals surface area contributed by atoms with E-state index in [0.717, 1.165) is 50.3 Å². The van der Waals surface area contributed by atoms with Gasteiger partial charge in [-0.2, -0.15) is 0 Å². The summed E-state index contributed by atoms with van der Waals surface area (Å²) in [7, 11) is 0. The van der Waals surface area contributed by atoms with Crippen molar-refractivity contribution in [3.05, 3.63) is 46.2 Å². The number of likely N-dealkylation sites (tertiary alicyclic amines) is 2. The number of hydrogen-bond donors (Lipinski definition) is 0. The lowest BCUT2D eigenvalue weighted by Crippen LogP contribution is -2.41. The Bertz CT molecular complexity index is 737. The minimum absolute atomic E-state index is 0.175. The Labute approximate surface area is 152 Å². The zero-order chi connectivity index (χ0) is 17.3. The van der Waals surface area contributed by atoms with Crippen LogP contribution in [0.3, 0.4) is 0 Å². The van der Waals surface area contributed by atoms with Gasteiger partial charge in [0.15, 0.2) is 0 Å². The van der Waals surface area contributed by atoms with Crippen LogP contribution in [0.1, 0.15) is 35.5 Å². The molecule has 0 aliphatic carbocycles. The maximum absolute atomic E-state index is 12.5. The first-order chi connectivity index (χ1) is 12.1. The predicted octanol–water partition coefficient (Wildman–Crippen LogP) is 2.86. The molecule has 2 aliphatic heterocycles. The van der Waals surface area contributed by atoms with Gasteiger partial charge in [0.05, 0.1) is 6.54 Å². The molecule has 25 heavy (non-hydrogen) atoms. The smallest absolute Gasteiger partial charge is 0.223 e. The van der Waals surface area contributed by atoms with E-state index < -0.39 is 0 Å². The monoisotopic (exact) mass is 356 g/mol. The van der Waals surface area contributed by atoms with E-state index in [1.165, 1.54) is 5.01 Å². The molecule has 4 heterocycles. The van der Waals surface area contributed by atoms with E-state index >= 15 is 0 Å². The number of pyridine rings is 1. The number of rotatable bonds is 4. The maximum Gasteiger partial charge on any atom is 0.223 e. The number of nitrogens with zero attached hydrogens (tertiary/aromatic N) is 4. The Morgan fingerprint density at radius 3 is 2.80 bits per heavy atom. The van der Waals surface area contributed by atoms with E-state index in [4.69, 9.17) is 0 Å². The first-order valence-corrected chi connectivity index (χ1v) is 9.80. The molecule has 132 valence electrons. The van der Waals surface area contributed by atoms with Gasteiger partial charge in [0.2, 0.25) is 5.91 Å². The minimum atomic E-state index is 0.175. The fraction of sp³-hybridized carbons (Fsp3) is 0.526. The SMILES string of the molecule is Cc1csc(CN2CCC3(CC2)CC(=O)N(Cc2cccnc2)C3)n1. The normalized spacial score (nSPS) is 20.5. The Hall–Kier alpha value is -1.79. The highest BCUT2D eigenvalue weighted by Crippen LogP contribution is 2.41. The van der Waals surface area contributed by atoms with Crippen LogP contribution < -0.4 is 0 Å². The third-order valence-corrected chi connectivity index (χ3v) is 6.40. The fourth-order valence-electron chi connectivity index (χ4n) is 4.02. The second-order valence-corrected chi connectivity index (χ2v) is 8.39. The molecule has 2 saturated heterocycles. The molecule has 2 aromatic heterocycles. The van der Waals surface area contributed by atoms with Crippen molar-refractivity contribution in [2.45, 2.75) is 39.3 Å². The van der Waals surface area contributed by atoms with Crippen LogP contribution >= 0.6 is 11.3 Å². The molecule has 0 N–H and O–H groups in total. The predicted molar refractivity (Wildman–Crippen MR) is 98.1 cm³/mol. The van der Waals surface area contributed by atoms with Gasteiger partial charge in [-0.1, -0.05) is 6.07 Å². The highest BCUT2D eigenvalue weighted by molar-refractivity contribution is 7.09. The third kappa shape index (κ3) is 3.75. The van der Waals surface area contributed by atoms with Gasteiger partial charge >= 0.3 is 0 Å². The Morgan fingerprint density at radius 2 is 2.12 bits per heavy atom. The highest BCUT2D eigenvalue weighted by atomic mass is 32.1. The zero-order valence-electron chi connectivity index (χ0n) is 14.6. The first kappa shape index (κ1) is 16.7. The van der Waals surface area contributed by atoms with Crippen LogP contribution in [0.25, 0.3) is 0 Å². The Morgan fingerprint density at radius 1 is 1.28 bits per heavy atom. The number of carbonyl (C=O) groups is 1. The van der Waals surface area contributed by atoms with Crippen molar-refractivity contribution in [1.82, 2.24) is 19.8 Å². The number of hydrogen-bond acceptors (Lipinski definition) is 5. The second-order valence-electron chi connectivity index (χ2n) is 7.45. The van der Waals surface area contributed by atoms with E-state index in [0.29, 0.717) is 18.9 Å². The van der Waals surface area contributed by atoms with Crippen molar-refractivity contribution in [2.75, 3.05) is 19.6 Å². The number of thiazole rings is 1. The molecule has 4 rings (SSSR count). The molecule has 0 atom stereocenters. The molecule has 0 unspecified atom stereocenters. The molecule has 0 bridgehead atoms. The van der Waals surface area contributed by atoms with Crippen LogP contribution in [-0.4, -0.2) is 45.3 Å². The van der Waals surface area contributed by atoms with Crippen molar-refractivity contribution in [3.8, 4) is 0 Å². The van der Waals surface area contributed by atoms with Gasteiger partial charge in [-0.05, 0) is 49.9 Å². The molecular weight excluding hydrogens is 332 g/mol. The largest absolute Gasteiger partial charge is 0.338 e. The molecule has 0 saturated carbocycles. The van der Waals surface area contributed by atoms with Crippen LogP contribution in [0, 0.1) is 12.3 Å². The third-order valence-electron chi connectivity index (χ3n) is 5.44. The number of carbonyl (C=O) groups excluding carboxylic acids is 1. The van der Waals surface area contributed by atoms with E-state index in [1.54, 1.807) is 17.5 Å². The van der Waals surface area contributed by atoms with Gasteiger partial charge in [-0.15, -0.1) is 11.3 Å². The molecular formula is C19H24N4OS. The molecule has 2 aromatic rings. The average molecular weight is 356 g/mol. The van der Waals surface area contributed by atoms with Gasteiger partial charge in [0, 0.05) is 43.0 Å². The van der Waals surface area contributed by atoms with Crippen molar-refractivity contribution in [2.24, 2.45) is 5.41 Å². The lowest BCUT2D eigenvalue weighted by atomic mass is 9.77. The molecule has 2 fully saturated rings. The summed E-state index contributed by atoms with van der Waals surface area (Å²) in [5.74, 6) is 0.299. The molecule has 6 heteroatoms. The number of piperidine rings is 1. The quantitative estimate of drug-likeness (QED) is 0.845. The number of amides is 1. The Balaban J connectivity index is 1.34. The minimum Gasteiger partial charge on any atom is -0.338 e. The van der Waals surface area contributed by atoms with Crippen molar-refractivity contribution < 1.29 is 4.79 Å². The molecule has 1 amide bonds. The first-order valence-electron chi connectivity index (χ1n) is 8.92. The van der Waals surface area contributed by atoms with Crippen LogP contribution in [0.5, 0.6) is 0 Å². The molecule has 5 nitrogen and oxygen atoms in total. The van der Waals surface area contributed by atoms with Crippen LogP contribution in [0.4, 0.5) is 0 Å². The van der Waals surface area contributed by atoms with E-state index in [2.05, 4.69) is 20.2 Å². The van der Waals surface area contributed by atoms with Gasteiger partial charge in [0.25, 0.3) is 0 Å². The maximum atomic E-state index is 12.5. The highest BCUT2D eigenvalue weighted by Gasteiger charge is 2.44. The topological polar surface area (TPSA) is 49.3 Å². The standard InChI is InChI=1S/C19H24N4OS/c1-15-13-25-17(21-15)12-22-7-4-19(5-8-22)9-18(24)23(14-19)11-16-3-2-6-20-10-16/h2-3,6,10,13H,4-5,7-9,11-12,14H2,1H3. The zero-order valence-corrected chi connectivity index (χ0v) is 15.5. The number of aryl methyl sites for hydroxylation is 1. The van der Waals surface area contributed by atoms with Crippen molar-refractivity contribution in [3.63, 3.8) is 0 Å². The van der Waals surface area contributed by atoms with Gasteiger partial charge in [0.1, 0.15) is 5.01 Å². The number of aromatic nitrogens is 2. The van der Waals surface area contributed by atoms with Gasteiger partial charge in [-0.25, -0.2) is 4.98 Å². The summed E-state index contributed by atoms with van der Waals surface area (Å²) in [4.78, 5) is 25.8. The van der Waals surface area contributed by atoms with E-state index in [-0.39, 0.29) is 5.41 Å². The summed E-state index contributed by atoms with van der Waals surface area (Å²) in [6.45, 7) is 6.70. The molecule has 0 aromatic carbocycles. The molecule has 1 spiro atoms. The average Bonchev–Trinajstić information content (AvgIpc) is 3.15. The summed E-state index contributed by atoms with van der Waals surface area (Å²) in [6.07, 6.45) is 6.55. The fourth-order valence-corrected chi connectivity index (χ4v) is 4.84. The van der Waals surface area contributed by atoms with Crippen LogP contribution in [0.2, 0.25) is 0 Å². The van der Waals surface area contributed by atoms with Crippen LogP contribution in [-0.2, 0) is 17.9 Å². The van der Waals surface area contributed by atoms with Crippen molar-refractivity contribution in [1.29, 1.82) is 0 Å². The summed E-state index contributed by atoms with van der Waals surface area (Å²) >= 11 is 1.75. The lowest BCUT2D eigenvalue weighted by molar-refractivity contribution is -0.128. The second kappa shape index (κ2) is 6.84. The van der Waals surface area contributed by atoms with Crippen molar-refractivity contribution >= 4 is 17.2 Å². The van der Waals surface area contributed by atoms with E-state index in [1.807, 2.05) is 30.2 Å². The summed E-state index contributed by atoms with van der Waals surface area (Å²) in [5, 5.41) is 3.32. The molecule has 2 aliphatic rings. The Kier molecular flexibility index (Phi) is 4.56.